The van der Waals surface area contributed by atoms with E-state index >= 15 is 0 Å². The molecule has 64 valence electrons. The summed E-state index contributed by atoms with van der Waals surface area (Å²) in [5.41, 5.74) is 0. The standard InChI is InChI=1S/C8H8O3S/c9-6(5-8(10)11)4-7-2-1-3-12-7/h1-3H,4-5H2,(H,10,11)/p-1. The van der Waals surface area contributed by atoms with Gasteiger partial charge in [0, 0.05) is 23.7 Å². The molecular weight excluding hydrogens is 176 g/mol. The summed E-state index contributed by atoms with van der Waals surface area (Å²) in [6.07, 6.45) is -0.288. The van der Waals surface area contributed by atoms with Gasteiger partial charge in [-0.15, -0.1) is 11.3 Å². The van der Waals surface area contributed by atoms with Crippen molar-refractivity contribution >= 4 is 23.1 Å². The molecule has 1 rings (SSSR count). The van der Waals surface area contributed by atoms with Gasteiger partial charge in [-0.25, -0.2) is 0 Å². The van der Waals surface area contributed by atoms with Gasteiger partial charge in [0.1, 0.15) is 5.78 Å². The fourth-order valence-corrected chi connectivity index (χ4v) is 1.56. The van der Waals surface area contributed by atoms with Gasteiger partial charge in [0.25, 0.3) is 0 Å². The van der Waals surface area contributed by atoms with Gasteiger partial charge in [-0.3, -0.25) is 4.79 Å². The molecule has 1 aromatic heterocycles. The number of Topliss-reactive ketones (excluding diaryl/α,β-unsaturated/α-hetero) is 1. The summed E-state index contributed by atoms with van der Waals surface area (Å²) in [5.74, 6) is -1.62. The van der Waals surface area contributed by atoms with Crippen LogP contribution >= 0.6 is 11.3 Å². The van der Waals surface area contributed by atoms with E-state index in [9.17, 15) is 14.7 Å². The van der Waals surface area contributed by atoms with Crippen LogP contribution in [-0.4, -0.2) is 11.8 Å². The molecule has 1 aromatic rings. The Balaban J connectivity index is 2.42. The summed E-state index contributed by atoms with van der Waals surface area (Å²) in [6.45, 7) is 0. The predicted molar refractivity (Wildman–Crippen MR) is 42.7 cm³/mol. The van der Waals surface area contributed by atoms with Crippen LogP contribution < -0.4 is 5.11 Å². The number of thiophene rings is 1. The van der Waals surface area contributed by atoms with Crippen LogP contribution in [0, 0.1) is 0 Å². The first-order valence-corrected chi connectivity index (χ1v) is 4.30. The summed E-state index contributed by atoms with van der Waals surface area (Å²) in [7, 11) is 0. The Labute approximate surface area is 73.6 Å². The second kappa shape index (κ2) is 4.01. The van der Waals surface area contributed by atoms with Gasteiger partial charge < -0.3 is 9.90 Å². The number of rotatable bonds is 4. The molecule has 0 fully saturated rings. The van der Waals surface area contributed by atoms with E-state index in [0.717, 1.165) is 4.88 Å². The Bertz CT molecular complexity index is 277. The third-order valence-corrected chi connectivity index (χ3v) is 2.17. The molecule has 0 aliphatic rings. The van der Waals surface area contributed by atoms with E-state index in [4.69, 9.17) is 0 Å². The molecule has 0 aliphatic heterocycles. The Hall–Kier alpha value is -1.16. The lowest BCUT2D eigenvalue weighted by atomic mass is 10.2. The first-order valence-electron chi connectivity index (χ1n) is 3.42. The Morgan fingerprint density at radius 3 is 2.75 bits per heavy atom. The molecule has 0 radical (unpaired) electrons. The van der Waals surface area contributed by atoms with Crippen LogP contribution in [0.15, 0.2) is 17.5 Å². The topological polar surface area (TPSA) is 57.2 Å². The van der Waals surface area contributed by atoms with E-state index in [2.05, 4.69) is 0 Å². The molecule has 3 nitrogen and oxygen atoms in total. The minimum Gasteiger partial charge on any atom is -0.550 e. The third kappa shape index (κ3) is 2.84. The maximum absolute atomic E-state index is 10.9. The van der Waals surface area contributed by atoms with Gasteiger partial charge in [-0.1, -0.05) is 6.07 Å². The lowest BCUT2D eigenvalue weighted by Gasteiger charge is -1.98. The van der Waals surface area contributed by atoms with E-state index in [0.29, 0.717) is 0 Å². The van der Waals surface area contributed by atoms with Crippen LogP contribution in [0.4, 0.5) is 0 Å². The average molecular weight is 183 g/mol. The Morgan fingerprint density at radius 2 is 2.25 bits per heavy atom. The van der Waals surface area contributed by atoms with Crippen molar-refractivity contribution in [2.24, 2.45) is 0 Å². The first kappa shape index (κ1) is 8.93. The van der Waals surface area contributed by atoms with E-state index < -0.39 is 12.4 Å². The minimum absolute atomic E-state index is 0.200. The lowest BCUT2D eigenvalue weighted by molar-refractivity contribution is -0.304. The van der Waals surface area contributed by atoms with E-state index in [1.165, 1.54) is 11.3 Å². The molecule has 0 unspecified atom stereocenters. The SMILES string of the molecule is O=C([O-])CC(=O)Cc1cccs1. The maximum Gasteiger partial charge on any atom is 0.143 e. The summed E-state index contributed by atoms with van der Waals surface area (Å²) in [6, 6.07) is 3.63. The summed E-state index contributed by atoms with van der Waals surface area (Å²) in [5, 5.41) is 11.9. The van der Waals surface area contributed by atoms with Crippen molar-refractivity contribution in [3.63, 3.8) is 0 Å². The molecule has 0 atom stereocenters. The number of aliphatic carboxylic acids is 1. The highest BCUT2D eigenvalue weighted by Crippen LogP contribution is 2.09. The largest absolute Gasteiger partial charge is 0.550 e. The second-order valence-electron chi connectivity index (χ2n) is 2.34. The van der Waals surface area contributed by atoms with Crippen LogP contribution in [0.25, 0.3) is 0 Å². The third-order valence-electron chi connectivity index (χ3n) is 1.29. The lowest BCUT2D eigenvalue weighted by Crippen LogP contribution is -2.25. The van der Waals surface area contributed by atoms with Crippen LogP contribution in [0.1, 0.15) is 11.3 Å². The number of carboxylic acids is 1. The predicted octanol–water partition coefficient (Wildman–Crippen LogP) is -0.000300. The molecule has 0 amide bonds. The number of hydrogen-bond acceptors (Lipinski definition) is 4. The van der Waals surface area contributed by atoms with E-state index in [-0.39, 0.29) is 12.2 Å². The van der Waals surface area contributed by atoms with Gasteiger partial charge in [-0.2, -0.15) is 0 Å². The van der Waals surface area contributed by atoms with Gasteiger partial charge in [0.05, 0.1) is 0 Å². The molecule has 0 saturated carbocycles. The summed E-state index contributed by atoms with van der Waals surface area (Å²) in [4.78, 5) is 21.8. The van der Waals surface area contributed by atoms with Crippen LogP contribution in [-0.2, 0) is 16.0 Å². The van der Waals surface area contributed by atoms with Gasteiger partial charge in [0.15, 0.2) is 0 Å². The first-order chi connectivity index (χ1) is 5.68. The molecule has 4 heteroatoms. The number of carboxylic acid groups (broad SMARTS) is 1. The van der Waals surface area contributed by atoms with Crippen LogP contribution in [0.5, 0.6) is 0 Å². The van der Waals surface area contributed by atoms with E-state index in [1.54, 1.807) is 6.07 Å². The van der Waals surface area contributed by atoms with Crippen molar-refractivity contribution in [2.45, 2.75) is 12.8 Å². The normalized spacial score (nSPS) is 9.67. The smallest absolute Gasteiger partial charge is 0.143 e. The van der Waals surface area contributed by atoms with E-state index in [1.807, 2.05) is 11.4 Å². The summed E-state index contributed by atoms with van der Waals surface area (Å²) < 4.78 is 0. The highest BCUT2D eigenvalue weighted by Gasteiger charge is 2.03. The highest BCUT2D eigenvalue weighted by atomic mass is 32.1. The van der Waals surface area contributed by atoms with Gasteiger partial charge in [0.2, 0.25) is 0 Å². The average Bonchev–Trinajstić information content (AvgIpc) is 2.37. The van der Waals surface area contributed by atoms with Crippen molar-refractivity contribution in [3.05, 3.63) is 22.4 Å². The molecule has 0 spiro atoms. The van der Waals surface area contributed by atoms with Crippen molar-refractivity contribution in [1.29, 1.82) is 0 Å². The van der Waals surface area contributed by atoms with Crippen LogP contribution in [0.2, 0.25) is 0 Å². The molecule has 0 saturated heterocycles. The number of ketones is 1. The zero-order valence-corrected chi connectivity index (χ0v) is 7.10. The Kier molecular flexibility index (Phi) is 2.99. The van der Waals surface area contributed by atoms with Gasteiger partial charge >= 0.3 is 0 Å². The van der Waals surface area contributed by atoms with Gasteiger partial charge in [-0.05, 0) is 11.4 Å². The second-order valence-corrected chi connectivity index (χ2v) is 3.38. The fourth-order valence-electron chi connectivity index (χ4n) is 0.831. The molecular formula is C8H7O3S-. The highest BCUT2D eigenvalue weighted by molar-refractivity contribution is 7.10. The van der Waals surface area contributed by atoms with Crippen molar-refractivity contribution < 1.29 is 14.7 Å². The monoisotopic (exact) mass is 183 g/mol. The summed E-state index contributed by atoms with van der Waals surface area (Å²) >= 11 is 1.44. The molecule has 0 aromatic carbocycles. The number of hydrogen-bond donors (Lipinski definition) is 0. The van der Waals surface area contributed by atoms with Crippen molar-refractivity contribution in [3.8, 4) is 0 Å². The minimum atomic E-state index is -1.31. The Morgan fingerprint density at radius 1 is 1.50 bits per heavy atom. The zero-order chi connectivity index (χ0) is 8.97. The molecule has 0 aliphatic carbocycles. The molecule has 0 bridgehead atoms. The maximum atomic E-state index is 10.9. The zero-order valence-electron chi connectivity index (χ0n) is 6.28. The van der Waals surface area contributed by atoms with Crippen molar-refractivity contribution in [1.82, 2.24) is 0 Å². The number of carbonyl (C=O) groups is 2. The van der Waals surface area contributed by atoms with Crippen molar-refractivity contribution in [2.75, 3.05) is 0 Å². The fraction of sp³-hybridized carbons (Fsp3) is 0.250. The molecule has 12 heavy (non-hydrogen) atoms. The molecule has 0 N–H and O–H groups in total. The molecule has 1 heterocycles. The number of carbonyl (C=O) groups excluding carboxylic acids is 2. The quantitative estimate of drug-likeness (QED) is 0.617. The van der Waals surface area contributed by atoms with Crippen LogP contribution in [0.3, 0.4) is 0 Å².